The maximum Gasteiger partial charge on any atom is 0.337 e. The summed E-state index contributed by atoms with van der Waals surface area (Å²) in [6, 6.07) is 19.9. The van der Waals surface area contributed by atoms with Gasteiger partial charge in [0.1, 0.15) is 0 Å². The lowest BCUT2D eigenvalue weighted by Crippen LogP contribution is -2.15. The molecule has 2 aromatic heterocycles. The average molecular weight is 504 g/mol. The number of nitrogens with one attached hydrogen (secondary N) is 1. The number of aromatic nitrogens is 1. The van der Waals surface area contributed by atoms with Crippen LogP contribution in [-0.2, 0) is 16.1 Å². The van der Waals surface area contributed by atoms with Crippen LogP contribution in [0.5, 0.6) is 0 Å². The number of hydrogen-bond acceptors (Lipinski definition) is 7. The Hall–Kier alpha value is -3.62. The first-order valence-corrected chi connectivity index (χ1v) is 12.5. The second-order valence-electron chi connectivity index (χ2n) is 8.01. The average Bonchev–Trinajstić information content (AvgIpc) is 3.39. The van der Waals surface area contributed by atoms with Gasteiger partial charge in [0.25, 0.3) is 0 Å². The Kier molecular flexibility index (Phi) is 7.84. The van der Waals surface area contributed by atoms with Crippen molar-refractivity contribution >= 4 is 41.4 Å². The molecule has 2 aromatic carbocycles. The minimum absolute atomic E-state index is 0.350. The van der Waals surface area contributed by atoms with Gasteiger partial charge in [-0.25, -0.2) is 4.79 Å². The highest BCUT2D eigenvalue weighted by Crippen LogP contribution is 2.36. The zero-order chi connectivity index (χ0) is 24.8. The van der Waals surface area contributed by atoms with E-state index in [1.54, 1.807) is 41.6 Å². The number of anilines is 1. The molecular weight excluding hydrogens is 478 g/mol. The predicted octanol–water partition coefficient (Wildman–Crippen LogP) is 6.28. The van der Waals surface area contributed by atoms with Crippen LogP contribution >= 0.6 is 23.3 Å². The van der Waals surface area contributed by atoms with Gasteiger partial charge in [-0.2, -0.15) is 0 Å². The number of esters is 1. The van der Waals surface area contributed by atoms with Gasteiger partial charge >= 0.3 is 5.97 Å². The topological polar surface area (TPSA) is 71.5 Å². The smallest absolute Gasteiger partial charge is 0.337 e. The van der Waals surface area contributed by atoms with E-state index in [0.29, 0.717) is 12.1 Å². The molecular formula is C27H25N3O3S2. The number of carbonyl (C=O) groups excluding carboxylic acids is 2. The number of hydrogen-bond donors (Lipinski definition) is 1. The fourth-order valence-electron chi connectivity index (χ4n) is 3.47. The number of amides is 1. The molecule has 0 radical (unpaired) electrons. The highest BCUT2D eigenvalue weighted by Gasteiger charge is 2.10. The number of pyridine rings is 1. The molecule has 2 heterocycles. The summed E-state index contributed by atoms with van der Waals surface area (Å²) in [6.07, 6.45) is 4.49. The monoisotopic (exact) mass is 503 g/mol. The van der Waals surface area contributed by atoms with E-state index < -0.39 is 0 Å². The third-order valence-corrected chi connectivity index (χ3v) is 7.45. The number of ether oxygens (including phenoxy) is 1. The van der Waals surface area contributed by atoms with Gasteiger partial charge in [0.2, 0.25) is 6.41 Å². The number of benzene rings is 2. The number of methoxy groups -OCH3 is 1. The maximum atomic E-state index is 11.6. The van der Waals surface area contributed by atoms with Crippen molar-refractivity contribution in [3.8, 4) is 20.9 Å². The molecule has 0 saturated heterocycles. The predicted molar refractivity (Wildman–Crippen MR) is 143 cm³/mol. The van der Waals surface area contributed by atoms with Gasteiger partial charge in [0.15, 0.2) is 0 Å². The minimum Gasteiger partial charge on any atom is -0.465 e. The van der Waals surface area contributed by atoms with Crippen molar-refractivity contribution < 1.29 is 14.3 Å². The third-order valence-electron chi connectivity index (χ3n) is 5.42. The van der Waals surface area contributed by atoms with Crippen LogP contribution in [0.15, 0.2) is 78.0 Å². The molecule has 0 bridgehead atoms. The highest BCUT2D eigenvalue weighted by atomic mass is 32.2. The van der Waals surface area contributed by atoms with Gasteiger partial charge in [-0.15, -0.1) is 11.3 Å². The molecule has 0 unspecified atom stereocenters. The molecule has 0 atom stereocenters. The standard InChI is InChI=1S/C27H25N3O3S2/c1-18-4-5-20(12-22(18)16-30(2)17-31)25-10-11-26(34-25)21-13-23(15-28-14-21)29-35-24-8-6-19(7-9-24)27(32)33-3/h4-15,17,29H,16H2,1-3H3. The number of rotatable bonds is 9. The van der Waals surface area contributed by atoms with E-state index in [-0.39, 0.29) is 5.97 Å². The van der Waals surface area contributed by atoms with Crippen molar-refractivity contribution in [1.29, 1.82) is 0 Å². The molecule has 0 aliphatic heterocycles. The van der Waals surface area contributed by atoms with Gasteiger partial charge in [-0.05, 0) is 84.1 Å². The summed E-state index contributed by atoms with van der Waals surface area (Å²) in [4.78, 5) is 31.9. The normalized spacial score (nSPS) is 10.6. The summed E-state index contributed by atoms with van der Waals surface area (Å²) < 4.78 is 8.06. The summed E-state index contributed by atoms with van der Waals surface area (Å²) in [5.41, 5.74) is 5.87. The first kappa shape index (κ1) is 24.5. The van der Waals surface area contributed by atoms with Crippen molar-refractivity contribution in [3.05, 3.63) is 89.7 Å². The fraction of sp³-hybridized carbons (Fsp3) is 0.148. The van der Waals surface area contributed by atoms with Crippen LogP contribution in [0.25, 0.3) is 20.9 Å². The van der Waals surface area contributed by atoms with Crippen LogP contribution in [-0.4, -0.2) is 36.4 Å². The first-order valence-electron chi connectivity index (χ1n) is 10.9. The van der Waals surface area contributed by atoms with Gasteiger partial charge in [-0.3, -0.25) is 9.78 Å². The molecule has 0 saturated carbocycles. The molecule has 178 valence electrons. The van der Waals surface area contributed by atoms with E-state index in [4.69, 9.17) is 4.74 Å². The zero-order valence-corrected chi connectivity index (χ0v) is 21.3. The molecule has 8 heteroatoms. The van der Waals surface area contributed by atoms with Crippen LogP contribution in [0.2, 0.25) is 0 Å². The summed E-state index contributed by atoms with van der Waals surface area (Å²) >= 11 is 3.16. The zero-order valence-electron chi connectivity index (χ0n) is 19.6. The molecule has 0 aliphatic carbocycles. The van der Waals surface area contributed by atoms with E-state index >= 15 is 0 Å². The van der Waals surface area contributed by atoms with Crippen LogP contribution in [0.3, 0.4) is 0 Å². The Morgan fingerprint density at radius 2 is 1.80 bits per heavy atom. The summed E-state index contributed by atoms with van der Waals surface area (Å²) in [5, 5.41) is 0. The summed E-state index contributed by atoms with van der Waals surface area (Å²) in [6.45, 7) is 2.65. The maximum absolute atomic E-state index is 11.6. The second kappa shape index (κ2) is 11.2. The second-order valence-corrected chi connectivity index (χ2v) is 9.97. The van der Waals surface area contributed by atoms with E-state index in [1.807, 2.05) is 18.3 Å². The number of carbonyl (C=O) groups is 2. The van der Waals surface area contributed by atoms with Gasteiger partial charge in [-0.1, -0.05) is 12.1 Å². The summed E-state index contributed by atoms with van der Waals surface area (Å²) in [5.74, 6) is -0.350. The van der Waals surface area contributed by atoms with Crippen LogP contribution in [0.4, 0.5) is 5.69 Å². The Labute approximate surface area is 213 Å². The van der Waals surface area contributed by atoms with E-state index in [0.717, 1.165) is 43.4 Å². The Bertz CT molecular complexity index is 1340. The van der Waals surface area contributed by atoms with E-state index in [9.17, 15) is 9.59 Å². The van der Waals surface area contributed by atoms with E-state index in [1.165, 1.54) is 24.6 Å². The van der Waals surface area contributed by atoms with Gasteiger partial charge < -0.3 is 14.4 Å². The SMILES string of the molecule is COC(=O)c1ccc(SNc2cncc(-c3ccc(-c4ccc(C)c(CN(C)C=O)c4)s3)c2)cc1. The van der Waals surface area contributed by atoms with Crippen molar-refractivity contribution in [1.82, 2.24) is 9.88 Å². The molecule has 0 aliphatic rings. The third kappa shape index (κ3) is 6.09. The molecule has 6 nitrogen and oxygen atoms in total. The molecule has 4 rings (SSSR count). The fourth-order valence-corrected chi connectivity index (χ4v) is 5.08. The van der Waals surface area contributed by atoms with Crippen LogP contribution in [0, 0.1) is 6.92 Å². The molecule has 0 spiro atoms. The lowest BCUT2D eigenvalue weighted by Gasteiger charge is -2.13. The summed E-state index contributed by atoms with van der Waals surface area (Å²) in [7, 11) is 3.15. The van der Waals surface area contributed by atoms with Gasteiger partial charge in [0.05, 0.1) is 24.6 Å². The lowest BCUT2D eigenvalue weighted by molar-refractivity contribution is -0.117. The number of nitrogens with zero attached hydrogens (tertiary/aromatic N) is 2. The molecule has 1 N–H and O–H groups in total. The van der Waals surface area contributed by atoms with Crippen molar-refractivity contribution in [2.24, 2.45) is 0 Å². The molecule has 1 amide bonds. The number of aryl methyl sites for hydroxylation is 1. The Morgan fingerprint density at radius 3 is 2.51 bits per heavy atom. The molecule has 4 aromatic rings. The lowest BCUT2D eigenvalue weighted by atomic mass is 10.0. The highest BCUT2D eigenvalue weighted by molar-refractivity contribution is 8.00. The largest absolute Gasteiger partial charge is 0.465 e. The van der Waals surface area contributed by atoms with Crippen LogP contribution in [0.1, 0.15) is 21.5 Å². The van der Waals surface area contributed by atoms with Gasteiger partial charge in [0, 0.05) is 40.0 Å². The van der Waals surface area contributed by atoms with Crippen molar-refractivity contribution in [2.45, 2.75) is 18.4 Å². The van der Waals surface area contributed by atoms with Crippen LogP contribution < -0.4 is 4.72 Å². The minimum atomic E-state index is -0.350. The molecule has 35 heavy (non-hydrogen) atoms. The first-order chi connectivity index (χ1) is 17.0. The molecule has 0 fully saturated rings. The quantitative estimate of drug-likeness (QED) is 0.165. The number of thiophene rings is 1. The van der Waals surface area contributed by atoms with E-state index in [2.05, 4.69) is 53.0 Å². The Balaban J connectivity index is 1.47. The van der Waals surface area contributed by atoms with Crippen molar-refractivity contribution in [2.75, 3.05) is 18.9 Å². The Morgan fingerprint density at radius 1 is 1.06 bits per heavy atom. The van der Waals surface area contributed by atoms with Crippen molar-refractivity contribution in [3.63, 3.8) is 0 Å².